The maximum atomic E-state index is 13.1. The van der Waals surface area contributed by atoms with Crippen molar-refractivity contribution in [3.63, 3.8) is 0 Å². The molecule has 6 nitrogen and oxygen atoms in total. The van der Waals surface area contributed by atoms with E-state index in [9.17, 15) is 9.59 Å². The monoisotopic (exact) mass is 382 g/mol. The molecule has 1 aliphatic rings. The molecule has 0 atom stereocenters. The molecule has 1 saturated heterocycles. The maximum absolute atomic E-state index is 13.1. The van der Waals surface area contributed by atoms with Crippen molar-refractivity contribution in [1.29, 1.82) is 0 Å². The van der Waals surface area contributed by atoms with Gasteiger partial charge in [-0.3, -0.25) is 9.59 Å². The number of amides is 1. The molecule has 3 aromatic rings. The van der Waals surface area contributed by atoms with Gasteiger partial charge in [-0.05, 0) is 31.0 Å². The Kier molecular flexibility index (Phi) is 4.47. The van der Waals surface area contributed by atoms with Crippen LogP contribution < -0.4 is 10.5 Å². The molecule has 7 heteroatoms. The Hall–Kier alpha value is -2.67. The number of para-hydroxylation sites is 1. The molecular weight excluding hydrogens is 360 g/mol. The fraction of sp³-hybridized carbons (Fsp3) is 0.350. The van der Waals surface area contributed by atoms with E-state index >= 15 is 0 Å². The third kappa shape index (κ3) is 3.02. The Morgan fingerprint density at radius 2 is 1.81 bits per heavy atom. The average Bonchev–Trinajstić information content (AvgIpc) is 3.02. The summed E-state index contributed by atoms with van der Waals surface area (Å²) in [7, 11) is 1.68. The van der Waals surface area contributed by atoms with Crippen molar-refractivity contribution < 1.29 is 4.79 Å². The Balaban J connectivity index is 1.56. The first-order chi connectivity index (χ1) is 13.0. The third-order valence-electron chi connectivity index (χ3n) is 5.23. The van der Waals surface area contributed by atoms with Crippen LogP contribution in [0.3, 0.4) is 0 Å². The van der Waals surface area contributed by atoms with E-state index in [2.05, 4.69) is 28.9 Å². The van der Waals surface area contributed by atoms with E-state index in [1.165, 1.54) is 33.5 Å². The SMILES string of the molecule is Cc1ccccc1N1CCN(C(=O)c2sc3ncn(C)c(=O)c3c2C)CC1. The molecule has 2 aromatic heterocycles. The molecule has 3 heterocycles. The highest BCUT2D eigenvalue weighted by Gasteiger charge is 2.27. The number of carbonyl (C=O) groups is 1. The highest BCUT2D eigenvalue weighted by Crippen LogP contribution is 2.29. The second-order valence-electron chi connectivity index (χ2n) is 6.96. The zero-order valence-corrected chi connectivity index (χ0v) is 16.5. The Morgan fingerprint density at radius 3 is 2.52 bits per heavy atom. The van der Waals surface area contributed by atoms with E-state index in [0.29, 0.717) is 28.2 Å². The molecule has 1 aliphatic heterocycles. The molecule has 0 bridgehead atoms. The summed E-state index contributed by atoms with van der Waals surface area (Å²) in [4.78, 5) is 35.3. The van der Waals surface area contributed by atoms with Crippen LogP contribution in [0.1, 0.15) is 20.8 Å². The predicted octanol–water partition coefficient (Wildman–Crippen LogP) is 2.57. The minimum absolute atomic E-state index is 0.00184. The fourth-order valence-electron chi connectivity index (χ4n) is 3.63. The molecule has 1 amide bonds. The van der Waals surface area contributed by atoms with E-state index in [4.69, 9.17) is 0 Å². The summed E-state index contributed by atoms with van der Waals surface area (Å²) in [5.74, 6) is 0.00184. The predicted molar refractivity (Wildman–Crippen MR) is 109 cm³/mol. The van der Waals surface area contributed by atoms with Gasteiger partial charge in [0.05, 0.1) is 16.6 Å². The summed E-state index contributed by atoms with van der Waals surface area (Å²) >= 11 is 1.32. The lowest BCUT2D eigenvalue weighted by Gasteiger charge is -2.36. The maximum Gasteiger partial charge on any atom is 0.264 e. The molecule has 27 heavy (non-hydrogen) atoms. The molecule has 140 valence electrons. The minimum Gasteiger partial charge on any atom is -0.368 e. The van der Waals surface area contributed by atoms with Crippen molar-refractivity contribution in [1.82, 2.24) is 14.5 Å². The van der Waals surface area contributed by atoms with Gasteiger partial charge >= 0.3 is 0 Å². The first kappa shape index (κ1) is 17.7. The van der Waals surface area contributed by atoms with Crippen LogP contribution in [0.4, 0.5) is 5.69 Å². The van der Waals surface area contributed by atoms with E-state index in [0.717, 1.165) is 18.7 Å². The quantitative estimate of drug-likeness (QED) is 0.684. The van der Waals surface area contributed by atoms with Gasteiger partial charge in [0.1, 0.15) is 4.83 Å². The van der Waals surface area contributed by atoms with Gasteiger partial charge in [-0.1, -0.05) is 18.2 Å². The number of thiophene rings is 1. The summed E-state index contributed by atoms with van der Waals surface area (Å²) in [5, 5.41) is 0.562. The van der Waals surface area contributed by atoms with Crippen molar-refractivity contribution in [2.45, 2.75) is 13.8 Å². The van der Waals surface area contributed by atoms with Crippen molar-refractivity contribution >= 4 is 33.1 Å². The van der Waals surface area contributed by atoms with Gasteiger partial charge in [-0.15, -0.1) is 11.3 Å². The highest BCUT2D eigenvalue weighted by molar-refractivity contribution is 7.20. The zero-order chi connectivity index (χ0) is 19.1. The number of hydrogen-bond donors (Lipinski definition) is 0. The van der Waals surface area contributed by atoms with Crippen molar-refractivity contribution in [3.05, 3.63) is 57.0 Å². The highest BCUT2D eigenvalue weighted by atomic mass is 32.1. The number of carbonyl (C=O) groups excluding carboxylic acids is 1. The molecule has 0 spiro atoms. The first-order valence-corrected chi connectivity index (χ1v) is 9.83. The van der Waals surface area contributed by atoms with Gasteiger partial charge in [0.15, 0.2) is 0 Å². The average molecular weight is 382 g/mol. The number of aromatic nitrogens is 2. The Bertz CT molecular complexity index is 1080. The molecule has 1 aromatic carbocycles. The van der Waals surface area contributed by atoms with E-state index in [1.54, 1.807) is 7.05 Å². The van der Waals surface area contributed by atoms with Gasteiger partial charge in [-0.25, -0.2) is 4.98 Å². The first-order valence-electron chi connectivity index (χ1n) is 9.02. The smallest absolute Gasteiger partial charge is 0.264 e. The number of benzene rings is 1. The molecule has 0 N–H and O–H groups in total. The van der Waals surface area contributed by atoms with Crippen LogP contribution in [0.5, 0.6) is 0 Å². The summed E-state index contributed by atoms with van der Waals surface area (Å²) in [6.45, 7) is 6.92. The number of piperazine rings is 1. The van der Waals surface area contributed by atoms with Gasteiger partial charge in [0.25, 0.3) is 11.5 Å². The number of fused-ring (bicyclic) bond motifs is 1. The van der Waals surface area contributed by atoms with E-state index < -0.39 is 0 Å². The third-order valence-corrected chi connectivity index (χ3v) is 6.42. The van der Waals surface area contributed by atoms with E-state index in [1.807, 2.05) is 24.0 Å². The number of hydrogen-bond acceptors (Lipinski definition) is 5. The second kappa shape index (κ2) is 6.81. The molecule has 0 radical (unpaired) electrons. The molecule has 1 fully saturated rings. The molecule has 0 unspecified atom stereocenters. The second-order valence-corrected chi connectivity index (χ2v) is 7.96. The van der Waals surface area contributed by atoms with Crippen LogP contribution in [-0.2, 0) is 7.05 Å². The van der Waals surface area contributed by atoms with Crippen molar-refractivity contribution in [2.24, 2.45) is 7.05 Å². The van der Waals surface area contributed by atoms with Crippen LogP contribution in [0.2, 0.25) is 0 Å². The lowest BCUT2D eigenvalue weighted by atomic mass is 10.1. The molecule has 0 saturated carbocycles. The Labute approximate surface area is 161 Å². The van der Waals surface area contributed by atoms with Crippen molar-refractivity contribution in [2.75, 3.05) is 31.1 Å². The van der Waals surface area contributed by atoms with E-state index in [-0.39, 0.29) is 11.5 Å². The standard InChI is InChI=1S/C20H22N4O2S/c1-13-6-4-5-7-15(13)23-8-10-24(11-9-23)20(26)17-14(2)16-18(27-17)21-12-22(3)19(16)25/h4-7,12H,8-11H2,1-3H3. The van der Waals surface area contributed by atoms with Gasteiger partial charge in [0, 0.05) is 38.9 Å². The number of rotatable bonds is 2. The van der Waals surface area contributed by atoms with Crippen LogP contribution in [-0.4, -0.2) is 46.5 Å². The normalized spacial score (nSPS) is 14.8. The fourth-order valence-corrected chi connectivity index (χ4v) is 4.73. The van der Waals surface area contributed by atoms with Crippen molar-refractivity contribution in [3.8, 4) is 0 Å². The number of anilines is 1. The van der Waals surface area contributed by atoms with Crippen LogP contribution >= 0.6 is 11.3 Å². The van der Waals surface area contributed by atoms with Gasteiger partial charge in [0.2, 0.25) is 0 Å². The molecule has 0 aliphatic carbocycles. The Morgan fingerprint density at radius 1 is 1.11 bits per heavy atom. The topological polar surface area (TPSA) is 58.4 Å². The van der Waals surface area contributed by atoms with Gasteiger partial charge < -0.3 is 14.4 Å². The summed E-state index contributed by atoms with van der Waals surface area (Å²) in [5.41, 5.74) is 3.13. The van der Waals surface area contributed by atoms with Crippen LogP contribution in [0.25, 0.3) is 10.2 Å². The molecular formula is C20H22N4O2S. The van der Waals surface area contributed by atoms with Crippen LogP contribution in [0.15, 0.2) is 35.4 Å². The summed E-state index contributed by atoms with van der Waals surface area (Å²) in [6.07, 6.45) is 1.51. The number of aryl methyl sites for hydroxylation is 3. The largest absolute Gasteiger partial charge is 0.368 e. The number of nitrogens with zero attached hydrogens (tertiary/aromatic N) is 4. The summed E-state index contributed by atoms with van der Waals surface area (Å²) < 4.78 is 1.46. The zero-order valence-electron chi connectivity index (χ0n) is 15.7. The lowest BCUT2D eigenvalue weighted by molar-refractivity contribution is 0.0751. The summed E-state index contributed by atoms with van der Waals surface area (Å²) in [6, 6.07) is 8.33. The van der Waals surface area contributed by atoms with Gasteiger partial charge in [-0.2, -0.15) is 0 Å². The van der Waals surface area contributed by atoms with Crippen LogP contribution in [0, 0.1) is 13.8 Å². The lowest BCUT2D eigenvalue weighted by Crippen LogP contribution is -2.49. The minimum atomic E-state index is -0.0998. The molecule has 4 rings (SSSR count).